The molecule has 0 radical (unpaired) electrons. The molecule has 0 spiro atoms. The third-order valence-corrected chi connectivity index (χ3v) is 4.92. The van der Waals surface area contributed by atoms with Crippen molar-refractivity contribution >= 4 is 46.3 Å². The maximum Gasteiger partial charge on any atom is 0.227 e. The van der Waals surface area contributed by atoms with E-state index in [0.717, 1.165) is 20.5 Å². The fourth-order valence-corrected chi connectivity index (χ4v) is 3.47. The van der Waals surface area contributed by atoms with E-state index in [1.165, 1.54) is 23.1 Å². The number of para-hydroxylation sites is 1. The molecule has 1 aromatic heterocycles. The third kappa shape index (κ3) is 4.16. The highest BCUT2D eigenvalue weighted by Gasteiger charge is 2.10. The van der Waals surface area contributed by atoms with Gasteiger partial charge in [0.15, 0.2) is 0 Å². The van der Waals surface area contributed by atoms with Gasteiger partial charge in [-0.2, -0.15) is 0 Å². The van der Waals surface area contributed by atoms with Crippen molar-refractivity contribution in [2.24, 2.45) is 5.73 Å². The molecule has 0 saturated carbocycles. The highest BCUT2D eigenvalue weighted by molar-refractivity contribution is 8.00. The summed E-state index contributed by atoms with van der Waals surface area (Å²) in [6.07, 6.45) is 0. The number of carbonyl (C=O) groups is 1. The molecule has 1 amide bonds. The highest BCUT2D eigenvalue weighted by Crippen LogP contribution is 2.31. The summed E-state index contributed by atoms with van der Waals surface area (Å²) in [7, 11) is 0. The molecule has 3 nitrogen and oxygen atoms in total. The standard InChI is InChI=1S/C14H15ClN2OS2/c1-9(10-6-13(15)20-7-10)17-11-4-2-3-5-12(11)19-8-14(16)18/h2-7,9,17H,8H2,1H3,(H2,16,18). The molecular weight excluding hydrogens is 312 g/mol. The van der Waals surface area contributed by atoms with Crippen molar-refractivity contribution in [2.45, 2.75) is 17.9 Å². The number of hydrogen-bond donors (Lipinski definition) is 2. The fraction of sp³-hybridized carbons (Fsp3) is 0.214. The van der Waals surface area contributed by atoms with Crippen LogP contribution in [-0.4, -0.2) is 11.7 Å². The lowest BCUT2D eigenvalue weighted by atomic mass is 10.1. The predicted octanol–water partition coefficient (Wildman–Crippen LogP) is 4.15. The van der Waals surface area contributed by atoms with E-state index in [2.05, 4.69) is 12.2 Å². The minimum Gasteiger partial charge on any atom is -0.378 e. The van der Waals surface area contributed by atoms with Gasteiger partial charge in [0.2, 0.25) is 5.91 Å². The summed E-state index contributed by atoms with van der Waals surface area (Å²) >= 11 is 8.92. The van der Waals surface area contributed by atoms with E-state index in [-0.39, 0.29) is 17.7 Å². The number of thiophene rings is 1. The first-order chi connectivity index (χ1) is 9.56. The fourth-order valence-electron chi connectivity index (χ4n) is 1.73. The monoisotopic (exact) mass is 326 g/mol. The Balaban J connectivity index is 2.10. The average molecular weight is 327 g/mol. The Morgan fingerprint density at radius 3 is 2.90 bits per heavy atom. The van der Waals surface area contributed by atoms with E-state index in [4.69, 9.17) is 17.3 Å². The molecule has 1 unspecified atom stereocenters. The quantitative estimate of drug-likeness (QED) is 0.784. The number of amides is 1. The summed E-state index contributed by atoms with van der Waals surface area (Å²) in [4.78, 5) is 11.9. The number of nitrogens with two attached hydrogens (primary N) is 1. The van der Waals surface area contributed by atoms with Gasteiger partial charge in [-0.25, -0.2) is 0 Å². The van der Waals surface area contributed by atoms with E-state index < -0.39 is 0 Å². The van der Waals surface area contributed by atoms with Crippen LogP contribution in [0.2, 0.25) is 4.34 Å². The molecule has 1 heterocycles. The molecule has 1 atom stereocenters. The summed E-state index contributed by atoms with van der Waals surface area (Å²) in [5.41, 5.74) is 7.33. The number of nitrogens with one attached hydrogen (secondary N) is 1. The summed E-state index contributed by atoms with van der Waals surface area (Å²) in [5, 5.41) is 5.48. The van der Waals surface area contributed by atoms with Crippen molar-refractivity contribution in [1.82, 2.24) is 0 Å². The van der Waals surface area contributed by atoms with Crippen molar-refractivity contribution in [2.75, 3.05) is 11.1 Å². The van der Waals surface area contributed by atoms with Crippen LogP contribution in [-0.2, 0) is 4.79 Å². The zero-order valence-corrected chi connectivity index (χ0v) is 13.3. The summed E-state index contributed by atoms with van der Waals surface area (Å²) in [6.45, 7) is 2.08. The molecule has 2 rings (SSSR count). The van der Waals surface area contributed by atoms with Crippen LogP contribution in [0.1, 0.15) is 18.5 Å². The van der Waals surface area contributed by atoms with Crippen molar-refractivity contribution in [1.29, 1.82) is 0 Å². The van der Waals surface area contributed by atoms with E-state index in [9.17, 15) is 4.79 Å². The smallest absolute Gasteiger partial charge is 0.227 e. The van der Waals surface area contributed by atoms with E-state index in [1.807, 2.05) is 35.7 Å². The Morgan fingerprint density at radius 1 is 1.50 bits per heavy atom. The molecule has 3 N–H and O–H groups in total. The van der Waals surface area contributed by atoms with Crippen LogP contribution in [0, 0.1) is 0 Å². The lowest BCUT2D eigenvalue weighted by Gasteiger charge is -2.17. The average Bonchev–Trinajstić information content (AvgIpc) is 2.84. The number of primary amides is 1. The second kappa shape index (κ2) is 7.02. The Morgan fingerprint density at radius 2 is 2.25 bits per heavy atom. The molecule has 20 heavy (non-hydrogen) atoms. The largest absolute Gasteiger partial charge is 0.378 e. The molecule has 0 aliphatic carbocycles. The van der Waals surface area contributed by atoms with Crippen LogP contribution in [0.4, 0.5) is 5.69 Å². The summed E-state index contributed by atoms with van der Waals surface area (Å²) in [5.74, 6) is -0.0420. The molecule has 0 fully saturated rings. The van der Waals surface area contributed by atoms with E-state index in [0.29, 0.717) is 0 Å². The predicted molar refractivity (Wildman–Crippen MR) is 87.7 cm³/mol. The van der Waals surface area contributed by atoms with Crippen LogP contribution in [0.25, 0.3) is 0 Å². The highest BCUT2D eigenvalue weighted by atomic mass is 35.5. The number of thioether (sulfide) groups is 1. The lowest BCUT2D eigenvalue weighted by Crippen LogP contribution is -2.13. The zero-order valence-electron chi connectivity index (χ0n) is 10.9. The summed E-state index contributed by atoms with van der Waals surface area (Å²) in [6, 6.07) is 9.99. The third-order valence-electron chi connectivity index (χ3n) is 2.72. The Hall–Kier alpha value is -1.17. The molecule has 0 bridgehead atoms. The summed E-state index contributed by atoms with van der Waals surface area (Å²) < 4.78 is 0.782. The van der Waals surface area contributed by atoms with Gasteiger partial charge < -0.3 is 11.1 Å². The number of benzene rings is 1. The molecule has 0 aliphatic rings. The van der Waals surface area contributed by atoms with Crippen molar-refractivity contribution in [3.05, 3.63) is 45.6 Å². The number of carbonyl (C=O) groups excluding carboxylic acids is 1. The van der Waals surface area contributed by atoms with Gasteiger partial charge in [0.1, 0.15) is 0 Å². The number of anilines is 1. The molecule has 0 aliphatic heterocycles. The van der Waals surface area contributed by atoms with Crippen LogP contribution in [0.3, 0.4) is 0 Å². The number of halogens is 1. The van der Waals surface area contributed by atoms with Gasteiger partial charge in [-0.05, 0) is 36.1 Å². The van der Waals surface area contributed by atoms with Crippen LogP contribution >= 0.6 is 34.7 Å². The van der Waals surface area contributed by atoms with Crippen molar-refractivity contribution in [3.63, 3.8) is 0 Å². The Bertz CT molecular complexity index is 600. The minimum absolute atomic E-state index is 0.147. The maximum absolute atomic E-state index is 10.9. The van der Waals surface area contributed by atoms with Gasteiger partial charge in [0.05, 0.1) is 10.1 Å². The van der Waals surface area contributed by atoms with Crippen molar-refractivity contribution < 1.29 is 4.79 Å². The molecule has 6 heteroatoms. The van der Waals surface area contributed by atoms with E-state index in [1.54, 1.807) is 0 Å². The van der Waals surface area contributed by atoms with Crippen LogP contribution in [0.15, 0.2) is 40.6 Å². The Kier molecular flexibility index (Phi) is 5.34. The lowest BCUT2D eigenvalue weighted by molar-refractivity contribution is -0.115. The zero-order chi connectivity index (χ0) is 14.5. The first kappa shape index (κ1) is 15.2. The van der Waals surface area contributed by atoms with Gasteiger partial charge in [0.25, 0.3) is 0 Å². The molecular formula is C14H15ClN2OS2. The molecule has 2 aromatic rings. The van der Waals surface area contributed by atoms with Gasteiger partial charge in [-0.3, -0.25) is 4.79 Å². The second-order valence-corrected chi connectivity index (χ2v) is 6.86. The maximum atomic E-state index is 10.9. The molecule has 1 aromatic carbocycles. The first-order valence-corrected chi connectivity index (χ1v) is 8.31. The molecule has 0 saturated heterocycles. The van der Waals surface area contributed by atoms with Gasteiger partial charge in [-0.1, -0.05) is 23.7 Å². The Labute approximate surface area is 131 Å². The second-order valence-electron chi connectivity index (χ2n) is 4.30. The van der Waals surface area contributed by atoms with Gasteiger partial charge in [-0.15, -0.1) is 23.1 Å². The minimum atomic E-state index is -0.317. The van der Waals surface area contributed by atoms with Crippen LogP contribution < -0.4 is 11.1 Å². The normalized spacial score (nSPS) is 12.1. The number of hydrogen-bond acceptors (Lipinski definition) is 4. The van der Waals surface area contributed by atoms with E-state index >= 15 is 0 Å². The topological polar surface area (TPSA) is 55.1 Å². The number of rotatable bonds is 6. The molecule has 106 valence electrons. The first-order valence-electron chi connectivity index (χ1n) is 6.07. The van der Waals surface area contributed by atoms with Crippen LogP contribution in [0.5, 0.6) is 0 Å². The van der Waals surface area contributed by atoms with Gasteiger partial charge in [0, 0.05) is 16.6 Å². The SMILES string of the molecule is CC(Nc1ccccc1SCC(N)=O)c1csc(Cl)c1. The van der Waals surface area contributed by atoms with Gasteiger partial charge >= 0.3 is 0 Å². The van der Waals surface area contributed by atoms with Crippen molar-refractivity contribution in [3.8, 4) is 0 Å².